The van der Waals surface area contributed by atoms with Gasteiger partial charge in [-0.25, -0.2) is 18.0 Å². The molecule has 3 aromatic rings. The van der Waals surface area contributed by atoms with E-state index in [1.54, 1.807) is 27.7 Å². The number of hydrogen-bond donors (Lipinski definition) is 4. The number of ketones is 2. The van der Waals surface area contributed by atoms with Gasteiger partial charge in [0, 0.05) is 46.8 Å². The van der Waals surface area contributed by atoms with Crippen LogP contribution in [0, 0.1) is 33.9 Å². The topological polar surface area (TPSA) is 254 Å². The highest BCUT2D eigenvalue weighted by Crippen LogP contribution is 2.73. The lowest BCUT2D eigenvalue weighted by Gasteiger charge is -2.63. The third kappa shape index (κ3) is 10.3. The molecule has 0 radical (unpaired) electrons. The highest BCUT2D eigenvalue weighted by Gasteiger charge is 2.80. The first-order valence-electron chi connectivity index (χ1n) is 28.2. The van der Waals surface area contributed by atoms with Crippen LogP contribution in [0.2, 0.25) is 0 Å². The Hall–Kier alpha value is -6.35. The average Bonchev–Trinajstić information content (AvgIpc) is 1.61. The molecule has 3 aromatic carbocycles. The number of ether oxygens (including phenoxy) is 5. The molecule has 3 amide bonds. The second kappa shape index (κ2) is 21.6. The molecule has 1 spiro atoms. The molecule has 18 nitrogen and oxygen atoms in total. The molecule has 11 rings (SSSR count). The Morgan fingerprint density at radius 1 is 0.928 bits per heavy atom. The minimum Gasteiger partial charge on any atom is -0.566 e. The maximum absolute atomic E-state index is 17.9. The number of amides is 3. The largest absolute Gasteiger partial charge is 0.566 e. The lowest BCUT2D eigenvalue weighted by atomic mass is 9.44. The Balaban J connectivity index is 0.689. The number of fused-ring (bicyclic) bond motifs is 10. The number of esters is 1. The Morgan fingerprint density at radius 3 is 2.28 bits per heavy atom. The van der Waals surface area contributed by atoms with E-state index in [2.05, 4.69) is 16.0 Å². The second-order valence-corrected chi connectivity index (χ2v) is 25.9. The maximum Gasteiger partial charge on any atom is 0.488 e. The molecule has 442 valence electrons. The highest BCUT2D eigenvalue weighted by molar-refractivity contribution is 7.30. The van der Waals surface area contributed by atoms with Gasteiger partial charge < -0.3 is 49.6 Å². The van der Waals surface area contributed by atoms with E-state index in [4.69, 9.17) is 28.2 Å². The number of Topliss-reactive ketones (excluding diaryl/α,β-unsaturated/α-hetero) is 1. The van der Waals surface area contributed by atoms with Gasteiger partial charge in [-0.05, 0) is 147 Å². The Morgan fingerprint density at radius 2 is 1.61 bits per heavy atom. The highest BCUT2D eigenvalue weighted by atomic mass is 31.1. The number of alkyl halides is 2. The van der Waals surface area contributed by atoms with E-state index < -0.39 is 146 Å². The predicted molar refractivity (Wildman–Crippen MR) is 288 cm³/mol. The summed E-state index contributed by atoms with van der Waals surface area (Å²) in [7, 11) is -3.51. The molecule has 12 atom stereocenters. The van der Waals surface area contributed by atoms with E-state index in [0.717, 1.165) is 40.5 Å². The van der Waals surface area contributed by atoms with E-state index >= 15 is 13.2 Å². The molecule has 5 saturated carbocycles. The zero-order valence-corrected chi connectivity index (χ0v) is 47.5. The zero-order valence-electron chi connectivity index (χ0n) is 46.6. The van der Waals surface area contributed by atoms with Crippen LogP contribution >= 0.6 is 8.25 Å². The fraction of sp³-hybridized carbons (Fsp3) is 0.541. The van der Waals surface area contributed by atoms with Gasteiger partial charge in [-0.2, -0.15) is 0 Å². The Kier molecular flexibility index (Phi) is 15.2. The molecule has 7 aliphatic carbocycles. The number of allylic oxidation sites excluding steroid dienone is 4. The first-order chi connectivity index (χ1) is 39.3. The van der Waals surface area contributed by atoms with E-state index in [1.807, 2.05) is 48.5 Å². The summed E-state index contributed by atoms with van der Waals surface area (Å²) < 4.78 is 96.8. The van der Waals surface area contributed by atoms with Gasteiger partial charge in [-0.15, -0.1) is 4.52 Å². The van der Waals surface area contributed by atoms with Crippen LogP contribution in [0.25, 0.3) is 11.1 Å². The molecule has 4 N–H and O–H groups in total. The molecule has 1 aliphatic heterocycles. The summed E-state index contributed by atoms with van der Waals surface area (Å²) in [5, 5.41) is 20.0. The number of carbonyl (C=O) groups excluding carboxylic acids is 6. The number of benzene rings is 3. The Bertz CT molecular complexity index is 3180. The van der Waals surface area contributed by atoms with Crippen LogP contribution in [0.1, 0.15) is 121 Å². The van der Waals surface area contributed by atoms with Crippen LogP contribution in [0.3, 0.4) is 0 Å². The number of hydrogen-bond acceptors (Lipinski definition) is 15. The van der Waals surface area contributed by atoms with Gasteiger partial charge in [-0.3, -0.25) is 24.0 Å². The fourth-order valence-corrected chi connectivity index (χ4v) is 15.7. The SMILES string of the molecule is CC(C)(C)OC(=O)CC[C@H](NC(=O)CNC(=O)OCC1c2ccccc2-c2ccccc21)C(=O)NC1CC2(C1)CC(Oc1ccc([C@@H]3O[C@@H]4C[C@H]5[C@@H]6C[C@H](F)C7=CC(=O)C=C[C@]7(C)[C@@]6(F)[C@@H](O)C[C@]5(C)[C@]4(C(=O)CO[P+](=O)[O-])O3)c(F)c1)C2. The molecule has 83 heavy (non-hydrogen) atoms. The van der Waals surface area contributed by atoms with E-state index in [9.17, 15) is 43.3 Å². The van der Waals surface area contributed by atoms with E-state index in [1.165, 1.54) is 25.1 Å². The lowest BCUT2D eigenvalue weighted by Crippen LogP contribution is -2.70. The molecule has 1 unspecified atom stereocenters. The van der Waals surface area contributed by atoms with Crippen LogP contribution in [0.15, 0.2) is 90.5 Å². The van der Waals surface area contributed by atoms with Crippen molar-refractivity contribution in [1.29, 1.82) is 0 Å². The number of rotatable bonds is 17. The van der Waals surface area contributed by atoms with Crippen LogP contribution < -0.4 is 25.6 Å². The Labute approximate surface area is 478 Å². The van der Waals surface area contributed by atoms with Crippen molar-refractivity contribution in [3.63, 3.8) is 0 Å². The van der Waals surface area contributed by atoms with Crippen molar-refractivity contribution in [3.8, 4) is 16.9 Å². The minimum atomic E-state index is -3.51. The molecule has 22 heteroatoms. The minimum absolute atomic E-state index is 0.0394. The molecule has 8 aliphatic rings. The van der Waals surface area contributed by atoms with Crippen molar-refractivity contribution >= 4 is 43.7 Å². The number of nitrogens with one attached hydrogen (secondary N) is 3. The van der Waals surface area contributed by atoms with Crippen LogP contribution in [-0.2, 0) is 52.0 Å². The summed E-state index contributed by atoms with van der Waals surface area (Å²) in [5.74, 6) is -6.05. The number of aliphatic hydroxyl groups is 1. The quantitative estimate of drug-likeness (QED) is 0.0756. The number of halogens is 3. The van der Waals surface area contributed by atoms with Crippen molar-refractivity contribution in [2.24, 2.45) is 28.1 Å². The summed E-state index contributed by atoms with van der Waals surface area (Å²) in [4.78, 5) is 90.9. The van der Waals surface area contributed by atoms with Crippen molar-refractivity contribution in [2.45, 2.75) is 158 Å². The second-order valence-electron chi connectivity index (χ2n) is 25.2. The normalized spacial score (nSPS) is 34.0. The van der Waals surface area contributed by atoms with Crippen molar-refractivity contribution < 1.29 is 84.7 Å². The lowest BCUT2D eigenvalue weighted by molar-refractivity contribution is -0.235. The van der Waals surface area contributed by atoms with Crippen molar-refractivity contribution in [3.05, 3.63) is 113 Å². The molecule has 1 heterocycles. The van der Waals surface area contributed by atoms with Gasteiger partial charge in [-0.1, -0.05) is 61.5 Å². The summed E-state index contributed by atoms with van der Waals surface area (Å²) in [6.07, 6.45) is -2.80. The summed E-state index contributed by atoms with van der Waals surface area (Å²) in [5.41, 5.74) is -4.78. The van der Waals surface area contributed by atoms with E-state index in [0.29, 0.717) is 25.7 Å². The van der Waals surface area contributed by atoms with Crippen LogP contribution in [0.4, 0.5) is 18.0 Å². The zero-order chi connectivity index (χ0) is 59.2. The summed E-state index contributed by atoms with van der Waals surface area (Å²) in [6, 6.07) is 18.4. The number of carbonyl (C=O) groups is 6. The van der Waals surface area contributed by atoms with Gasteiger partial charge in [0.2, 0.25) is 11.8 Å². The molecule has 0 aromatic heterocycles. The molecule has 0 bridgehead atoms. The molecule has 1 saturated heterocycles. The predicted octanol–water partition coefficient (Wildman–Crippen LogP) is 7.46. The summed E-state index contributed by atoms with van der Waals surface area (Å²) in [6.45, 7) is 6.73. The van der Waals surface area contributed by atoms with Crippen molar-refractivity contribution in [2.75, 3.05) is 19.8 Å². The standard InChI is InChI=1S/C61H67F3N3O15P/c1-56(2,3)81-52(72)17-16-47(67-51(71)29-65-55(74)77-30-41-38-12-8-6-10-36(38)37-11-7-9-13-39(37)41)53(73)66-32-24-59(25-32)26-35(27-59)79-34-14-15-40(45(62)21-34)54-80-50-23-42-43-22-46(63)44-20-33(68)18-19-57(44,4)60(43,64)48(69)28-58(42,5)61(50,82-54)49(70)31-78-83(75)76/h6-15,18-21,32,35,41-43,46-48,50,54,69H,16-17,22-31H2,1-5H3,(H,65,74)(H,66,73)(H,67,71)/t32?,35?,42-,43-,46-,47-,48-,50+,54+,57-,58-,59?,60-,61+/m0/s1. The first kappa shape index (κ1) is 58.4. The van der Waals surface area contributed by atoms with Gasteiger partial charge in [0.25, 0.3) is 0 Å². The van der Waals surface area contributed by atoms with Gasteiger partial charge in [0.1, 0.15) is 42.5 Å². The average molecular weight is 1170 g/mol. The van der Waals surface area contributed by atoms with E-state index in [-0.39, 0.29) is 66.2 Å². The third-order valence-corrected chi connectivity index (χ3v) is 19.4. The van der Waals surface area contributed by atoms with Crippen LogP contribution in [-0.4, -0.2) is 114 Å². The first-order valence-corrected chi connectivity index (χ1v) is 29.3. The van der Waals surface area contributed by atoms with Gasteiger partial charge in [0.15, 0.2) is 35.7 Å². The molecular weight excluding hydrogens is 1100 g/mol. The van der Waals surface area contributed by atoms with Gasteiger partial charge in [0.05, 0.1) is 18.3 Å². The summed E-state index contributed by atoms with van der Waals surface area (Å²) >= 11 is 0. The number of alkyl carbamates (subject to hydrolysis) is 1. The van der Waals surface area contributed by atoms with Crippen LogP contribution in [0.5, 0.6) is 5.75 Å². The molecule has 6 fully saturated rings. The third-order valence-electron chi connectivity index (χ3n) is 19.1. The number of aliphatic hydroxyl groups excluding tert-OH is 1. The van der Waals surface area contributed by atoms with Gasteiger partial charge >= 0.3 is 20.3 Å². The van der Waals surface area contributed by atoms with Crippen molar-refractivity contribution in [1.82, 2.24) is 16.0 Å². The smallest absolute Gasteiger partial charge is 0.488 e. The monoisotopic (exact) mass is 1170 g/mol. The maximum atomic E-state index is 17.9. The fourth-order valence-electron chi connectivity index (χ4n) is 15.5. The molecular formula is C61H67F3N3O15P.